The van der Waals surface area contributed by atoms with Gasteiger partial charge < -0.3 is 14.2 Å². The Kier molecular flexibility index (Phi) is 7.02. The number of azide groups is 1. The molecule has 1 aliphatic heterocycles. The number of hydrogen-bond donors (Lipinski definition) is 1. The van der Waals surface area contributed by atoms with Gasteiger partial charge in [0.25, 0.3) is 3.79 Å². The average Bonchev–Trinajstić information content (AvgIpc) is 2.39. The lowest BCUT2D eigenvalue weighted by molar-refractivity contribution is -0.212. The molecule has 1 N–H and O–H groups in total. The molecule has 0 saturated carbocycles. The molecule has 11 heteroatoms. The minimum Gasteiger partial charge on any atom is -0.460 e. The molecule has 0 bridgehead atoms. The van der Waals surface area contributed by atoms with Crippen LogP contribution in [0.25, 0.3) is 10.4 Å². The van der Waals surface area contributed by atoms with Crippen molar-refractivity contribution in [3.63, 3.8) is 0 Å². The van der Waals surface area contributed by atoms with E-state index in [1.165, 1.54) is 6.92 Å². The van der Waals surface area contributed by atoms with Crippen LogP contribution in [0.15, 0.2) is 5.11 Å². The molecule has 22 heavy (non-hydrogen) atoms. The highest BCUT2D eigenvalue weighted by atomic mass is 35.6. The number of alkyl halides is 3. The lowest BCUT2D eigenvalue weighted by atomic mass is 9.99. The lowest BCUT2D eigenvalue weighted by Gasteiger charge is -2.39. The predicted molar refractivity (Wildman–Crippen MR) is 81.2 cm³/mol. The molecule has 0 radical (unpaired) electrons. The molecule has 0 spiro atoms. The number of nitrogens with one attached hydrogen (secondary N) is 1. The maximum absolute atomic E-state index is 11.1. The fraction of sp³-hybridized carbons (Fsp3) is 0.818. The largest absolute Gasteiger partial charge is 0.460 e. The van der Waals surface area contributed by atoms with Crippen LogP contribution in [0.4, 0.5) is 0 Å². The molecule has 4 atom stereocenters. The smallest absolute Gasteiger partial charge is 0.302 e. The molecule has 1 unspecified atom stereocenters. The van der Waals surface area contributed by atoms with Gasteiger partial charge in [-0.25, -0.2) is 0 Å². The number of hydrogen-bond acceptors (Lipinski definition) is 6. The molecular formula is C11H15Cl3N4O4. The molecule has 1 saturated heterocycles. The molecule has 1 fully saturated rings. The van der Waals surface area contributed by atoms with E-state index in [2.05, 4.69) is 10.0 Å². The molecule has 0 aliphatic carbocycles. The minimum absolute atomic E-state index is 0.181. The van der Waals surface area contributed by atoms with Crippen molar-refractivity contribution >= 4 is 46.7 Å². The van der Waals surface area contributed by atoms with Gasteiger partial charge in [0.05, 0.1) is 6.10 Å². The maximum Gasteiger partial charge on any atom is 0.302 e. The zero-order valence-electron chi connectivity index (χ0n) is 11.8. The molecule has 1 rings (SSSR count). The summed E-state index contributed by atoms with van der Waals surface area (Å²) in [6, 6.07) is -0.829. The van der Waals surface area contributed by atoms with Crippen LogP contribution in [0, 0.1) is 5.41 Å². The van der Waals surface area contributed by atoms with Gasteiger partial charge in [-0.2, -0.15) is 0 Å². The third-order valence-corrected chi connectivity index (χ3v) is 3.44. The second-order valence-electron chi connectivity index (χ2n) is 4.55. The van der Waals surface area contributed by atoms with Gasteiger partial charge in [-0.15, -0.1) is 0 Å². The molecule has 0 amide bonds. The number of nitrogens with zero attached hydrogens (tertiary/aromatic N) is 3. The van der Waals surface area contributed by atoms with Gasteiger partial charge in [0.2, 0.25) is 12.2 Å². The summed E-state index contributed by atoms with van der Waals surface area (Å²) < 4.78 is 13.9. The molecule has 1 aliphatic rings. The van der Waals surface area contributed by atoms with E-state index in [1.54, 1.807) is 0 Å². The summed E-state index contributed by atoms with van der Waals surface area (Å²) in [5, 5.41) is 11.1. The van der Waals surface area contributed by atoms with Crippen molar-refractivity contribution in [2.45, 2.75) is 55.0 Å². The van der Waals surface area contributed by atoms with Crippen molar-refractivity contribution in [2.75, 3.05) is 0 Å². The van der Waals surface area contributed by atoms with Gasteiger partial charge in [-0.1, -0.05) is 46.8 Å². The molecule has 124 valence electrons. The normalized spacial score (nSPS) is 28.4. The van der Waals surface area contributed by atoms with E-state index >= 15 is 0 Å². The van der Waals surface area contributed by atoms with Crippen molar-refractivity contribution in [3.8, 4) is 0 Å². The summed E-state index contributed by atoms with van der Waals surface area (Å²) in [5.74, 6) is -1.12. The Morgan fingerprint density at radius 3 is 2.59 bits per heavy atom. The Hall–Kier alpha value is -0.920. The first-order chi connectivity index (χ1) is 10.2. The van der Waals surface area contributed by atoms with Crippen LogP contribution in [0.1, 0.15) is 26.7 Å². The van der Waals surface area contributed by atoms with E-state index in [1.807, 2.05) is 6.92 Å². The topological polar surface area (TPSA) is 117 Å². The number of carbonyl (C=O) groups excluding carboxylic acids is 1. The summed E-state index contributed by atoms with van der Waals surface area (Å²) in [7, 11) is 0. The number of rotatable bonds is 4. The van der Waals surface area contributed by atoms with E-state index < -0.39 is 40.2 Å². The summed E-state index contributed by atoms with van der Waals surface area (Å²) in [4.78, 5) is 13.8. The van der Waals surface area contributed by atoms with E-state index in [0.717, 1.165) is 0 Å². The first kappa shape index (κ1) is 19.1. The van der Waals surface area contributed by atoms with Crippen LogP contribution in [-0.2, 0) is 19.0 Å². The molecule has 1 heterocycles. The SMILES string of the molecule is CC[C@H]1O[C@H](OC(=N)C(Cl)(Cl)Cl)C(N=[N+]=[N-])C[C@@H]1OC(C)=O. The van der Waals surface area contributed by atoms with Crippen LogP contribution in [-0.4, -0.2) is 40.2 Å². The van der Waals surface area contributed by atoms with E-state index in [9.17, 15) is 4.79 Å². The molecule has 0 aromatic heterocycles. The highest BCUT2D eigenvalue weighted by Crippen LogP contribution is 2.32. The highest BCUT2D eigenvalue weighted by Gasteiger charge is 2.42. The zero-order valence-corrected chi connectivity index (χ0v) is 14.1. The first-order valence-electron chi connectivity index (χ1n) is 6.38. The van der Waals surface area contributed by atoms with Crippen molar-refractivity contribution in [1.82, 2.24) is 0 Å². The van der Waals surface area contributed by atoms with Gasteiger partial charge in [0.1, 0.15) is 12.1 Å². The molecule has 0 aromatic rings. The van der Waals surface area contributed by atoms with Crippen LogP contribution < -0.4 is 0 Å². The Labute approximate surface area is 142 Å². The quantitative estimate of drug-likeness (QED) is 0.154. The van der Waals surface area contributed by atoms with Crippen LogP contribution in [0.2, 0.25) is 0 Å². The van der Waals surface area contributed by atoms with Gasteiger partial charge in [0, 0.05) is 18.3 Å². The second-order valence-corrected chi connectivity index (χ2v) is 6.83. The van der Waals surface area contributed by atoms with Crippen molar-refractivity contribution in [2.24, 2.45) is 5.11 Å². The number of ether oxygens (including phenoxy) is 3. The highest BCUT2D eigenvalue weighted by molar-refractivity contribution is 6.76. The van der Waals surface area contributed by atoms with E-state index in [4.69, 9.17) is 60.0 Å². The summed E-state index contributed by atoms with van der Waals surface area (Å²) in [5.41, 5.74) is 8.63. The Bertz CT molecular complexity index is 478. The fourth-order valence-electron chi connectivity index (χ4n) is 2.00. The molecular weight excluding hydrogens is 359 g/mol. The van der Waals surface area contributed by atoms with Crippen molar-refractivity contribution < 1.29 is 19.0 Å². The summed E-state index contributed by atoms with van der Waals surface area (Å²) >= 11 is 16.6. The summed E-state index contributed by atoms with van der Waals surface area (Å²) in [6.45, 7) is 3.10. The van der Waals surface area contributed by atoms with Gasteiger partial charge >= 0.3 is 5.97 Å². The zero-order chi connectivity index (χ0) is 16.9. The number of halogens is 3. The van der Waals surface area contributed by atoms with E-state index in [0.29, 0.717) is 6.42 Å². The summed E-state index contributed by atoms with van der Waals surface area (Å²) in [6.07, 6.45) is -1.47. The van der Waals surface area contributed by atoms with Crippen LogP contribution >= 0.6 is 34.8 Å². The standard InChI is InChI=1S/C11H15Cl3N4O4/c1-3-7-8(20-5(2)19)4-6(17-18-16)9(21-7)22-10(15)11(12,13)14/h6-9,15H,3-4H2,1-2H3/t6?,7-,8+,9-/m1/s1. The maximum atomic E-state index is 11.1. The molecule has 8 nitrogen and oxygen atoms in total. The Morgan fingerprint density at radius 2 is 2.14 bits per heavy atom. The second kappa shape index (κ2) is 8.08. The minimum atomic E-state index is -2.06. The average molecular weight is 374 g/mol. The van der Waals surface area contributed by atoms with Crippen LogP contribution in [0.3, 0.4) is 0 Å². The van der Waals surface area contributed by atoms with Crippen molar-refractivity contribution in [3.05, 3.63) is 10.4 Å². The van der Waals surface area contributed by atoms with Crippen LogP contribution in [0.5, 0.6) is 0 Å². The monoisotopic (exact) mass is 372 g/mol. The Balaban J connectivity index is 2.90. The third-order valence-electron chi connectivity index (χ3n) is 2.92. The predicted octanol–water partition coefficient (Wildman–Crippen LogP) is 3.49. The van der Waals surface area contributed by atoms with Gasteiger partial charge in [0.15, 0.2) is 0 Å². The van der Waals surface area contributed by atoms with Gasteiger partial charge in [-0.3, -0.25) is 10.2 Å². The Morgan fingerprint density at radius 1 is 1.50 bits per heavy atom. The van der Waals surface area contributed by atoms with Gasteiger partial charge in [-0.05, 0) is 12.0 Å². The lowest BCUT2D eigenvalue weighted by Crippen LogP contribution is -2.50. The number of esters is 1. The number of carbonyl (C=O) groups is 1. The van der Waals surface area contributed by atoms with E-state index in [-0.39, 0.29) is 6.42 Å². The molecule has 0 aromatic carbocycles. The third kappa shape index (κ3) is 5.37. The first-order valence-corrected chi connectivity index (χ1v) is 7.51. The van der Waals surface area contributed by atoms with Crippen molar-refractivity contribution in [1.29, 1.82) is 5.41 Å². The fourth-order valence-corrected chi connectivity index (χ4v) is 2.14.